The molecule has 3 nitrogen and oxygen atoms in total. The third kappa shape index (κ3) is 2.80. The molecule has 3 N–H and O–H groups in total. The van der Waals surface area contributed by atoms with E-state index >= 15 is 0 Å². The number of aliphatic hydroxyl groups excluding tert-OH is 2. The summed E-state index contributed by atoms with van der Waals surface area (Å²) in [7, 11) is 1.91. The van der Waals surface area contributed by atoms with Crippen molar-refractivity contribution in [3.8, 4) is 0 Å². The maximum Gasteiger partial charge on any atom is 0.0685 e. The fourth-order valence-electron chi connectivity index (χ4n) is 1.41. The standard InChI is InChI=1S/C11H17NO2/c1-12-5-4-9-2-3-10(7-13)11(6-9)8-14/h2-3,6,12-14H,4-5,7-8H2,1H3. The summed E-state index contributed by atoms with van der Waals surface area (Å²) >= 11 is 0. The highest BCUT2D eigenvalue weighted by molar-refractivity contribution is 5.31. The van der Waals surface area contributed by atoms with Gasteiger partial charge >= 0.3 is 0 Å². The quantitative estimate of drug-likeness (QED) is 0.638. The molecule has 0 aromatic heterocycles. The van der Waals surface area contributed by atoms with Gasteiger partial charge in [0, 0.05) is 0 Å². The lowest BCUT2D eigenvalue weighted by Gasteiger charge is -2.07. The van der Waals surface area contributed by atoms with Crippen LogP contribution in [-0.2, 0) is 19.6 Å². The lowest BCUT2D eigenvalue weighted by Crippen LogP contribution is -2.10. The fraction of sp³-hybridized carbons (Fsp3) is 0.455. The largest absolute Gasteiger partial charge is 0.392 e. The molecule has 78 valence electrons. The first kappa shape index (κ1) is 11.2. The second kappa shape index (κ2) is 5.75. The normalized spacial score (nSPS) is 10.5. The Labute approximate surface area is 84.4 Å². The van der Waals surface area contributed by atoms with Gasteiger partial charge in [-0.1, -0.05) is 18.2 Å². The zero-order valence-electron chi connectivity index (χ0n) is 8.45. The molecule has 0 fully saturated rings. The number of likely N-dealkylation sites (N-methyl/N-ethyl adjacent to an activating group) is 1. The van der Waals surface area contributed by atoms with Crippen molar-refractivity contribution in [2.75, 3.05) is 13.6 Å². The number of nitrogens with one attached hydrogen (secondary N) is 1. The monoisotopic (exact) mass is 195 g/mol. The first-order valence-corrected chi connectivity index (χ1v) is 4.78. The van der Waals surface area contributed by atoms with Crippen LogP contribution in [0.5, 0.6) is 0 Å². The van der Waals surface area contributed by atoms with E-state index in [4.69, 9.17) is 10.2 Å². The fourth-order valence-corrected chi connectivity index (χ4v) is 1.41. The van der Waals surface area contributed by atoms with Crippen LogP contribution in [0.1, 0.15) is 16.7 Å². The van der Waals surface area contributed by atoms with Crippen LogP contribution in [0.25, 0.3) is 0 Å². The highest BCUT2D eigenvalue weighted by atomic mass is 16.3. The van der Waals surface area contributed by atoms with Crippen LogP contribution in [0, 0.1) is 0 Å². The van der Waals surface area contributed by atoms with Crippen molar-refractivity contribution in [3.63, 3.8) is 0 Å². The van der Waals surface area contributed by atoms with Crippen LogP contribution < -0.4 is 5.32 Å². The highest BCUT2D eigenvalue weighted by Crippen LogP contribution is 2.12. The van der Waals surface area contributed by atoms with Gasteiger partial charge in [0.15, 0.2) is 0 Å². The summed E-state index contributed by atoms with van der Waals surface area (Å²) in [6, 6.07) is 5.81. The van der Waals surface area contributed by atoms with E-state index < -0.39 is 0 Å². The smallest absolute Gasteiger partial charge is 0.0685 e. The van der Waals surface area contributed by atoms with Crippen LogP contribution >= 0.6 is 0 Å². The first-order chi connectivity index (χ1) is 6.81. The molecule has 0 amide bonds. The van der Waals surface area contributed by atoms with Crippen molar-refractivity contribution in [2.24, 2.45) is 0 Å². The average Bonchev–Trinajstić information content (AvgIpc) is 2.25. The summed E-state index contributed by atoms with van der Waals surface area (Å²) in [6.07, 6.45) is 0.940. The summed E-state index contributed by atoms with van der Waals surface area (Å²) in [4.78, 5) is 0. The Balaban J connectivity index is 2.79. The topological polar surface area (TPSA) is 52.5 Å². The molecule has 1 aromatic rings. The van der Waals surface area contributed by atoms with Gasteiger partial charge in [0.05, 0.1) is 13.2 Å². The van der Waals surface area contributed by atoms with Crippen molar-refractivity contribution in [3.05, 3.63) is 34.9 Å². The van der Waals surface area contributed by atoms with Gasteiger partial charge in [-0.25, -0.2) is 0 Å². The Morgan fingerprint density at radius 3 is 2.43 bits per heavy atom. The van der Waals surface area contributed by atoms with Crippen LogP contribution in [-0.4, -0.2) is 23.8 Å². The highest BCUT2D eigenvalue weighted by Gasteiger charge is 2.01. The van der Waals surface area contributed by atoms with E-state index in [1.54, 1.807) is 0 Å². The predicted octanol–water partition coefficient (Wildman–Crippen LogP) is 0.433. The molecule has 3 heteroatoms. The van der Waals surface area contributed by atoms with Gasteiger partial charge in [0.1, 0.15) is 0 Å². The lowest BCUT2D eigenvalue weighted by molar-refractivity contribution is 0.260. The Morgan fingerprint density at radius 2 is 1.86 bits per heavy atom. The van der Waals surface area contributed by atoms with Crippen LogP contribution in [0.15, 0.2) is 18.2 Å². The zero-order chi connectivity index (χ0) is 10.4. The molecule has 0 saturated heterocycles. The van der Waals surface area contributed by atoms with Gasteiger partial charge in [-0.15, -0.1) is 0 Å². The summed E-state index contributed by atoms with van der Waals surface area (Å²) in [6.45, 7) is 0.898. The first-order valence-electron chi connectivity index (χ1n) is 4.78. The van der Waals surface area contributed by atoms with Gasteiger partial charge in [0.2, 0.25) is 0 Å². The van der Waals surface area contributed by atoms with E-state index in [0.29, 0.717) is 0 Å². The molecule has 0 heterocycles. The number of benzene rings is 1. The van der Waals surface area contributed by atoms with E-state index in [9.17, 15) is 0 Å². The molecule has 0 spiro atoms. The Hall–Kier alpha value is -0.900. The average molecular weight is 195 g/mol. The lowest BCUT2D eigenvalue weighted by atomic mass is 10.0. The van der Waals surface area contributed by atoms with E-state index in [2.05, 4.69) is 5.32 Å². The molecule has 0 aliphatic heterocycles. The van der Waals surface area contributed by atoms with E-state index in [1.807, 2.05) is 25.2 Å². The maximum absolute atomic E-state index is 9.07. The number of hydrogen-bond acceptors (Lipinski definition) is 3. The molecule has 0 aliphatic rings. The maximum atomic E-state index is 9.07. The minimum Gasteiger partial charge on any atom is -0.392 e. The molecular formula is C11H17NO2. The third-order valence-corrected chi connectivity index (χ3v) is 2.28. The minimum absolute atomic E-state index is 0.0106. The van der Waals surface area contributed by atoms with Crippen molar-refractivity contribution < 1.29 is 10.2 Å². The molecule has 1 aromatic carbocycles. The summed E-state index contributed by atoms with van der Waals surface area (Å²) in [5.74, 6) is 0. The molecule has 0 unspecified atom stereocenters. The molecule has 0 aliphatic carbocycles. The van der Waals surface area contributed by atoms with E-state index in [1.165, 1.54) is 5.56 Å². The van der Waals surface area contributed by atoms with E-state index in [0.717, 1.165) is 24.1 Å². The van der Waals surface area contributed by atoms with Crippen molar-refractivity contribution in [1.82, 2.24) is 5.32 Å². The Morgan fingerprint density at radius 1 is 1.14 bits per heavy atom. The molecule has 1 rings (SSSR count). The molecule has 0 saturated carbocycles. The van der Waals surface area contributed by atoms with Crippen LogP contribution in [0.3, 0.4) is 0 Å². The number of aliphatic hydroxyl groups is 2. The molecule has 0 bridgehead atoms. The van der Waals surface area contributed by atoms with Gasteiger partial charge in [-0.2, -0.15) is 0 Å². The van der Waals surface area contributed by atoms with Crippen LogP contribution in [0.2, 0.25) is 0 Å². The second-order valence-electron chi connectivity index (χ2n) is 3.27. The predicted molar refractivity (Wildman–Crippen MR) is 55.9 cm³/mol. The second-order valence-corrected chi connectivity index (χ2v) is 3.27. The van der Waals surface area contributed by atoms with Gasteiger partial charge in [-0.3, -0.25) is 0 Å². The number of rotatable bonds is 5. The molecule has 14 heavy (non-hydrogen) atoms. The molecule has 0 atom stereocenters. The Kier molecular flexibility index (Phi) is 4.59. The van der Waals surface area contributed by atoms with E-state index in [-0.39, 0.29) is 13.2 Å². The minimum atomic E-state index is -0.0117. The summed E-state index contributed by atoms with van der Waals surface area (Å²) in [5, 5.41) is 21.1. The third-order valence-electron chi connectivity index (χ3n) is 2.28. The van der Waals surface area contributed by atoms with Gasteiger partial charge < -0.3 is 15.5 Å². The molecular weight excluding hydrogens is 178 g/mol. The van der Waals surface area contributed by atoms with Crippen molar-refractivity contribution in [2.45, 2.75) is 19.6 Å². The Bertz CT molecular complexity index is 287. The zero-order valence-corrected chi connectivity index (χ0v) is 8.45. The molecule has 0 radical (unpaired) electrons. The summed E-state index contributed by atoms with van der Waals surface area (Å²) < 4.78 is 0. The van der Waals surface area contributed by atoms with Crippen molar-refractivity contribution in [1.29, 1.82) is 0 Å². The summed E-state index contributed by atoms with van der Waals surface area (Å²) in [5.41, 5.74) is 2.81. The van der Waals surface area contributed by atoms with Gasteiger partial charge in [0.25, 0.3) is 0 Å². The SMILES string of the molecule is CNCCc1ccc(CO)c(CO)c1. The number of hydrogen-bond donors (Lipinski definition) is 3. The van der Waals surface area contributed by atoms with Crippen molar-refractivity contribution >= 4 is 0 Å². The van der Waals surface area contributed by atoms with Gasteiger partial charge in [-0.05, 0) is 36.7 Å². The van der Waals surface area contributed by atoms with Crippen LogP contribution in [0.4, 0.5) is 0 Å².